The van der Waals surface area contributed by atoms with E-state index in [1.165, 1.54) is 0 Å². The molecule has 3 aromatic rings. The van der Waals surface area contributed by atoms with E-state index in [-0.39, 0.29) is 11.5 Å². The van der Waals surface area contributed by atoms with Crippen molar-refractivity contribution in [2.24, 2.45) is 13.0 Å². The zero-order valence-electron chi connectivity index (χ0n) is 18.6. The first-order valence-electron chi connectivity index (χ1n) is 11.5. The van der Waals surface area contributed by atoms with E-state index < -0.39 is 0 Å². The minimum Gasteiger partial charge on any atom is -0.493 e. The Bertz CT molecular complexity index is 1070. The molecule has 0 N–H and O–H groups in total. The molecule has 1 spiro atoms. The van der Waals surface area contributed by atoms with Crippen LogP contribution in [-0.4, -0.2) is 57.5 Å². The van der Waals surface area contributed by atoms with Crippen LogP contribution in [0, 0.1) is 5.92 Å². The Hall–Kier alpha value is -2.93. The number of ether oxygens (including phenoxy) is 2. The molecule has 168 valence electrons. The maximum absolute atomic E-state index is 13.2. The fourth-order valence-corrected chi connectivity index (χ4v) is 5.14. The van der Waals surface area contributed by atoms with Crippen LogP contribution in [0.3, 0.4) is 0 Å². The molecule has 1 unspecified atom stereocenters. The number of carbonyl (C=O) groups is 1. The number of hydrogen-bond donors (Lipinski definition) is 0. The van der Waals surface area contributed by atoms with Crippen LogP contribution in [0.5, 0.6) is 5.75 Å². The summed E-state index contributed by atoms with van der Waals surface area (Å²) in [6.07, 6.45) is 8.40. The number of para-hydroxylation sites is 1. The molecule has 0 bridgehead atoms. The molecule has 5 rings (SSSR count). The molecule has 0 radical (unpaired) electrons. The minimum atomic E-state index is -0.109. The van der Waals surface area contributed by atoms with Gasteiger partial charge in [-0.2, -0.15) is 5.10 Å². The van der Waals surface area contributed by atoms with Gasteiger partial charge in [-0.05, 0) is 56.2 Å². The highest BCUT2D eigenvalue weighted by Gasteiger charge is 2.41. The second-order valence-corrected chi connectivity index (χ2v) is 8.99. The molecule has 2 saturated heterocycles. The highest BCUT2D eigenvalue weighted by atomic mass is 16.5. The van der Waals surface area contributed by atoms with Crippen molar-refractivity contribution in [2.45, 2.75) is 37.7 Å². The number of piperidine rings is 1. The molecule has 0 saturated carbocycles. The Kier molecular flexibility index (Phi) is 5.83. The first-order valence-corrected chi connectivity index (χ1v) is 11.5. The largest absolute Gasteiger partial charge is 0.493 e. The molecule has 1 atom stereocenters. The molecule has 2 fully saturated rings. The number of aromatic nitrogens is 3. The molecule has 32 heavy (non-hydrogen) atoms. The molecule has 2 aliphatic heterocycles. The van der Waals surface area contributed by atoms with Gasteiger partial charge in [0.2, 0.25) is 0 Å². The van der Waals surface area contributed by atoms with Gasteiger partial charge in [-0.15, -0.1) is 0 Å². The van der Waals surface area contributed by atoms with Gasteiger partial charge in [-0.25, -0.2) is 0 Å². The van der Waals surface area contributed by atoms with E-state index in [0.717, 1.165) is 55.4 Å². The summed E-state index contributed by atoms with van der Waals surface area (Å²) in [5.74, 6) is 1.48. The quantitative estimate of drug-likeness (QED) is 0.610. The third-order valence-electron chi connectivity index (χ3n) is 6.96. The summed E-state index contributed by atoms with van der Waals surface area (Å²) in [5, 5.41) is 5.44. The van der Waals surface area contributed by atoms with Gasteiger partial charge in [-0.1, -0.05) is 18.2 Å². The maximum atomic E-state index is 13.2. The first-order chi connectivity index (χ1) is 15.6. The second kappa shape index (κ2) is 8.90. The van der Waals surface area contributed by atoms with Crippen LogP contribution in [0.1, 0.15) is 42.6 Å². The van der Waals surface area contributed by atoms with Crippen molar-refractivity contribution < 1.29 is 14.3 Å². The summed E-state index contributed by atoms with van der Waals surface area (Å²) < 4.78 is 14.0. The molecule has 7 nitrogen and oxygen atoms in total. The minimum absolute atomic E-state index is 0.0229. The predicted molar refractivity (Wildman–Crippen MR) is 122 cm³/mol. The fourth-order valence-electron chi connectivity index (χ4n) is 5.14. The van der Waals surface area contributed by atoms with Crippen LogP contribution >= 0.6 is 0 Å². The number of fused-ring (bicyclic) bond motifs is 1. The van der Waals surface area contributed by atoms with Crippen molar-refractivity contribution in [1.82, 2.24) is 19.7 Å². The lowest BCUT2D eigenvalue weighted by atomic mass is 9.78. The Morgan fingerprint density at radius 1 is 1.19 bits per heavy atom. The Morgan fingerprint density at radius 3 is 2.78 bits per heavy atom. The summed E-state index contributed by atoms with van der Waals surface area (Å²) in [4.78, 5) is 19.2. The third-order valence-corrected chi connectivity index (χ3v) is 6.96. The van der Waals surface area contributed by atoms with Crippen LogP contribution in [0.25, 0.3) is 10.9 Å². The number of hydrogen-bond acceptors (Lipinski definition) is 5. The molecule has 1 aromatic carbocycles. The van der Waals surface area contributed by atoms with Crippen molar-refractivity contribution in [3.8, 4) is 5.75 Å². The van der Waals surface area contributed by atoms with E-state index in [9.17, 15) is 4.79 Å². The number of likely N-dealkylation sites (tertiary alicyclic amines) is 1. The number of nitrogens with zero attached hydrogens (tertiary/aromatic N) is 4. The zero-order chi connectivity index (χ0) is 22.0. The number of rotatable bonds is 5. The third kappa shape index (κ3) is 4.21. The van der Waals surface area contributed by atoms with Crippen LogP contribution < -0.4 is 4.74 Å². The molecule has 0 aliphatic carbocycles. The summed E-state index contributed by atoms with van der Waals surface area (Å²) >= 11 is 0. The maximum Gasteiger partial charge on any atom is 0.275 e. The van der Waals surface area contributed by atoms with Gasteiger partial charge in [0.05, 0.1) is 17.7 Å². The molecule has 1 amide bonds. The second-order valence-electron chi connectivity index (χ2n) is 8.99. The Balaban J connectivity index is 1.17. The Labute approximate surface area is 188 Å². The lowest BCUT2D eigenvalue weighted by Crippen LogP contribution is -2.51. The van der Waals surface area contributed by atoms with Gasteiger partial charge >= 0.3 is 0 Å². The van der Waals surface area contributed by atoms with E-state index in [0.29, 0.717) is 31.3 Å². The average Bonchev–Trinajstić information content (AvgIpc) is 3.17. The van der Waals surface area contributed by atoms with Crippen molar-refractivity contribution in [3.63, 3.8) is 0 Å². The van der Waals surface area contributed by atoms with Gasteiger partial charge in [0.25, 0.3) is 5.91 Å². The van der Waals surface area contributed by atoms with Gasteiger partial charge in [0.1, 0.15) is 5.75 Å². The van der Waals surface area contributed by atoms with Crippen molar-refractivity contribution in [3.05, 3.63) is 54.5 Å². The fraction of sp³-hybridized carbons (Fsp3) is 0.480. The molecule has 7 heteroatoms. The molecule has 2 aromatic heterocycles. The van der Waals surface area contributed by atoms with E-state index in [2.05, 4.69) is 10.1 Å². The molecule has 4 heterocycles. The first kappa shape index (κ1) is 20.9. The standard InChI is InChI=1S/C25H30N4O3/c1-28-22-5-3-2-4-21(22)23(27-28)24(30)29-14-10-25(11-15-29)18-19(9-17-32-25)8-16-31-20-6-12-26-13-7-20/h2-7,12-13,19H,8-11,14-18H2,1H3. The Morgan fingerprint density at radius 2 is 1.97 bits per heavy atom. The summed E-state index contributed by atoms with van der Waals surface area (Å²) in [7, 11) is 1.89. The zero-order valence-corrected chi connectivity index (χ0v) is 18.6. The monoisotopic (exact) mass is 434 g/mol. The predicted octanol–water partition coefficient (Wildman–Crippen LogP) is 3.84. The van der Waals surface area contributed by atoms with E-state index in [1.54, 1.807) is 17.1 Å². The number of pyridine rings is 1. The number of amides is 1. The number of carbonyl (C=O) groups excluding carboxylic acids is 1. The van der Waals surface area contributed by atoms with Gasteiger partial charge in [-0.3, -0.25) is 14.5 Å². The van der Waals surface area contributed by atoms with E-state index >= 15 is 0 Å². The lowest BCUT2D eigenvalue weighted by molar-refractivity contribution is -0.125. The van der Waals surface area contributed by atoms with Crippen LogP contribution in [0.2, 0.25) is 0 Å². The topological polar surface area (TPSA) is 69.5 Å². The van der Waals surface area contributed by atoms with Crippen LogP contribution in [-0.2, 0) is 11.8 Å². The summed E-state index contributed by atoms with van der Waals surface area (Å²) in [5.41, 5.74) is 1.43. The normalized spacial score (nSPS) is 20.5. The average molecular weight is 435 g/mol. The highest BCUT2D eigenvalue weighted by molar-refractivity contribution is 6.04. The number of benzene rings is 1. The number of aryl methyl sites for hydroxylation is 1. The molecule has 2 aliphatic rings. The highest BCUT2D eigenvalue weighted by Crippen LogP contribution is 2.39. The van der Waals surface area contributed by atoms with Crippen molar-refractivity contribution >= 4 is 16.8 Å². The molecular weight excluding hydrogens is 404 g/mol. The van der Waals surface area contributed by atoms with Crippen molar-refractivity contribution in [2.75, 3.05) is 26.3 Å². The van der Waals surface area contributed by atoms with Gasteiger partial charge < -0.3 is 14.4 Å². The van der Waals surface area contributed by atoms with Gasteiger partial charge in [0, 0.05) is 44.5 Å². The molecular formula is C25H30N4O3. The van der Waals surface area contributed by atoms with Gasteiger partial charge in [0.15, 0.2) is 5.69 Å². The SMILES string of the molecule is Cn1nc(C(=O)N2CCC3(CC2)CC(CCOc2ccncc2)CCO3)c2ccccc21. The van der Waals surface area contributed by atoms with Crippen molar-refractivity contribution in [1.29, 1.82) is 0 Å². The summed E-state index contributed by atoms with van der Waals surface area (Å²) in [6, 6.07) is 11.7. The smallest absolute Gasteiger partial charge is 0.275 e. The van der Waals surface area contributed by atoms with E-state index in [4.69, 9.17) is 9.47 Å². The van der Waals surface area contributed by atoms with E-state index in [1.807, 2.05) is 48.3 Å². The lowest BCUT2D eigenvalue weighted by Gasteiger charge is -2.46. The van der Waals surface area contributed by atoms with Crippen LogP contribution in [0.15, 0.2) is 48.8 Å². The van der Waals surface area contributed by atoms with Crippen LogP contribution in [0.4, 0.5) is 0 Å². The summed E-state index contributed by atoms with van der Waals surface area (Å²) in [6.45, 7) is 2.93.